The standard InChI is InChI=1S/C18H19N3O2/c1-12-2-4-13(5-3-12)9-20-17(22)14-8-15(11-19-10-14)18(23)21-16-6-7-16/h2-5,8,10-11,16H,6-7,9H2,1H3,(H,20,22)(H,21,23). The molecule has 0 aliphatic heterocycles. The number of rotatable bonds is 5. The molecule has 23 heavy (non-hydrogen) atoms. The average molecular weight is 309 g/mol. The molecule has 0 spiro atoms. The van der Waals surface area contributed by atoms with Crippen molar-refractivity contribution in [2.45, 2.75) is 32.4 Å². The number of hydrogen-bond donors (Lipinski definition) is 2. The molecule has 1 aromatic carbocycles. The van der Waals surface area contributed by atoms with Gasteiger partial charge in [0.2, 0.25) is 0 Å². The fourth-order valence-corrected chi connectivity index (χ4v) is 2.18. The number of hydrogen-bond acceptors (Lipinski definition) is 3. The van der Waals surface area contributed by atoms with Crippen molar-refractivity contribution in [2.24, 2.45) is 0 Å². The Morgan fingerprint density at radius 3 is 2.39 bits per heavy atom. The Labute approximate surface area is 135 Å². The second-order valence-electron chi connectivity index (χ2n) is 5.88. The monoisotopic (exact) mass is 309 g/mol. The number of carbonyl (C=O) groups excluding carboxylic acids is 2. The summed E-state index contributed by atoms with van der Waals surface area (Å²) in [6.45, 7) is 2.46. The van der Waals surface area contributed by atoms with E-state index in [2.05, 4.69) is 15.6 Å². The summed E-state index contributed by atoms with van der Waals surface area (Å²) in [6, 6.07) is 9.83. The zero-order valence-corrected chi connectivity index (χ0v) is 13.0. The number of pyridine rings is 1. The minimum absolute atomic E-state index is 0.173. The lowest BCUT2D eigenvalue weighted by Crippen LogP contribution is -2.27. The van der Waals surface area contributed by atoms with Gasteiger partial charge in [0.25, 0.3) is 11.8 Å². The van der Waals surface area contributed by atoms with Crippen molar-refractivity contribution in [1.29, 1.82) is 0 Å². The highest BCUT2D eigenvalue weighted by Crippen LogP contribution is 2.19. The molecule has 5 heteroatoms. The van der Waals surface area contributed by atoms with E-state index in [4.69, 9.17) is 0 Å². The molecule has 5 nitrogen and oxygen atoms in total. The summed E-state index contributed by atoms with van der Waals surface area (Å²) in [5, 5.41) is 5.73. The molecule has 1 aromatic heterocycles. The highest BCUT2D eigenvalue weighted by atomic mass is 16.2. The van der Waals surface area contributed by atoms with Gasteiger partial charge >= 0.3 is 0 Å². The molecule has 2 amide bonds. The molecule has 3 rings (SSSR count). The maximum atomic E-state index is 12.2. The summed E-state index contributed by atoms with van der Waals surface area (Å²) in [6.07, 6.45) is 5.00. The van der Waals surface area contributed by atoms with E-state index in [0.717, 1.165) is 18.4 Å². The summed E-state index contributed by atoms with van der Waals surface area (Å²) < 4.78 is 0. The second kappa shape index (κ2) is 6.60. The Hall–Kier alpha value is -2.69. The second-order valence-corrected chi connectivity index (χ2v) is 5.88. The summed E-state index contributed by atoms with van der Waals surface area (Å²) in [5.41, 5.74) is 3.01. The molecular formula is C18H19N3O2. The lowest BCUT2D eigenvalue weighted by atomic mass is 10.1. The van der Waals surface area contributed by atoms with Gasteiger partial charge in [0.1, 0.15) is 0 Å². The van der Waals surface area contributed by atoms with Crippen LogP contribution in [0.2, 0.25) is 0 Å². The predicted octanol–water partition coefficient (Wildman–Crippen LogP) is 2.21. The Morgan fingerprint density at radius 1 is 1.09 bits per heavy atom. The van der Waals surface area contributed by atoms with Crippen LogP contribution in [0, 0.1) is 6.92 Å². The average Bonchev–Trinajstić information content (AvgIpc) is 3.38. The van der Waals surface area contributed by atoms with Crippen molar-refractivity contribution >= 4 is 11.8 Å². The van der Waals surface area contributed by atoms with Crippen LogP contribution in [-0.2, 0) is 6.54 Å². The first-order valence-electron chi connectivity index (χ1n) is 7.71. The first kappa shape index (κ1) is 15.2. The Bertz CT molecular complexity index is 721. The summed E-state index contributed by atoms with van der Waals surface area (Å²) in [4.78, 5) is 28.2. The van der Waals surface area contributed by atoms with Gasteiger partial charge in [-0.1, -0.05) is 29.8 Å². The van der Waals surface area contributed by atoms with Gasteiger partial charge in [-0.15, -0.1) is 0 Å². The predicted molar refractivity (Wildman–Crippen MR) is 87.1 cm³/mol. The fourth-order valence-electron chi connectivity index (χ4n) is 2.18. The highest BCUT2D eigenvalue weighted by Gasteiger charge is 2.24. The van der Waals surface area contributed by atoms with Crippen LogP contribution in [0.15, 0.2) is 42.7 Å². The lowest BCUT2D eigenvalue weighted by Gasteiger charge is -2.07. The fraction of sp³-hybridized carbons (Fsp3) is 0.278. The van der Waals surface area contributed by atoms with Crippen molar-refractivity contribution < 1.29 is 9.59 Å². The zero-order valence-electron chi connectivity index (χ0n) is 13.0. The molecule has 1 heterocycles. The van der Waals surface area contributed by atoms with Gasteiger partial charge in [0.05, 0.1) is 11.1 Å². The van der Waals surface area contributed by atoms with Crippen molar-refractivity contribution in [1.82, 2.24) is 15.6 Å². The molecule has 1 fully saturated rings. The number of aromatic nitrogens is 1. The lowest BCUT2D eigenvalue weighted by molar-refractivity contribution is 0.0950. The third-order valence-corrected chi connectivity index (χ3v) is 3.75. The maximum Gasteiger partial charge on any atom is 0.253 e. The molecule has 0 atom stereocenters. The largest absolute Gasteiger partial charge is 0.349 e. The number of nitrogens with one attached hydrogen (secondary N) is 2. The molecule has 1 saturated carbocycles. The quantitative estimate of drug-likeness (QED) is 0.889. The summed E-state index contributed by atoms with van der Waals surface area (Å²) in [5.74, 6) is -0.410. The van der Waals surface area contributed by atoms with Gasteiger partial charge in [-0.3, -0.25) is 14.6 Å². The van der Waals surface area contributed by atoms with Crippen LogP contribution in [-0.4, -0.2) is 22.8 Å². The van der Waals surface area contributed by atoms with Gasteiger partial charge in [0.15, 0.2) is 0 Å². The molecule has 0 saturated heterocycles. The van der Waals surface area contributed by atoms with E-state index in [1.54, 1.807) is 6.07 Å². The molecule has 1 aliphatic carbocycles. The molecule has 2 N–H and O–H groups in total. The SMILES string of the molecule is Cc1ccc(CNC(=O)c2cncc(C(=O)NC3CC3)c2)cc1. The molecule has 118 valence electrons. The Balaban J connectivity index is 1.62. The number of carbonyl (C=O) groups is 2. The number of amides is 2. The minimum Gasteiger partial charge on any atom is -0.349 e. The van der Waals surface area contributed by atoms with Gasteiger partial charge in [-0.25, -0.2) is 0 Å². The van der Waals surface area contributed by atoms with Crippen molar-refractivity contribution in [3.8, 4) is 0 Å². The van der Waals surface area contributed by atoms with E-state index in [0.29, 0.717) is 17.7 Å². The molecule has 0 bridgehead atoms. The third kappa shape index (κ3) is 4.16. The van der Waals surface area contributed by atoms with Crippen LogP contribution in [0.4, 0.5) is 0 Å². The molecule has 2 aromatic rings. The summed E-state index contributed by atoms with van der Waals surface area (Å²) >= 11 is 0. The first-order valence-corrected chi connectivity index (χ1v) is 7.71. The normalized spacial score (nSPS) is 13.4. The van der Waals surface area contributed by atoms with E-state index < -0.39 is 0 Å². The van der Waals surface area contributed by atoms with Crippen molar-refractivity contribution in [2.75, 3.05) is 0 Å². The van der Waals surface area contributed by atoms with Crippen molar-refractivity contribution in [3.63, 3.8) is 0 Å². The molecule has 0 unspecified atom stereocenters. The number of benzene rings is 1. The van der Waals surface area contributed by atoms with Crippen LogP contribution in [0.1, 0.15) is 44.7 Å². The summed E-state index contributed by atoms with van der Waals surface area (Å²) in [7, 11) is 0. The van der Waals surface area contributed by atoms with E-state index in [1.807, 2.05) is 31.2 Å². The number of nitrogens with zero attached hydrogens (tertiary/aromatic N) is 1. The highest BCUT2D eigenvalue weighted by molar-refractivity contribution is 5.99. The van der Waals surface area contributed by atoms with Crippen molar-refractivity contribution in [3.05, 3.63) is 65.0 Å². The van der Waals surface area contributed by atoms with Gasteiger partial charge in [0, 0.05) is 25.0 Å². The minimum atomic E-state index is -0.237. The number of aryl methyl sites for hydroxylation is 1. The van der Waals surface area contributed by atoms with Crippen LogP contribution in [0.25, 0.3) is 0 Å². The topological polar surface area (TPSA) is 71.1 Å². The molecular weight excluding hydrogens is 290 g/mol. The first-order chi connectivity index (χ1) is 11.1. The zero-order chi connectivity index (χ0) is 16.2. The Kier molecular flexibility index (Phi) is 4.37. The third-order valence-electron chi connectivity index (χ3n) is 3.75. The van der Waals surface area contributed by atoms with E-state index in [1.165, 1.54) is 18.0 Å². The smallest absolute Gasteiger partial charge is 0.253 e. The molecule has 1 aliphatic rings. The van der Waals surface area contributed by atoms with Gasteiger partial charge in [-0.2, -0.15) is 0 Å². The van der Waals surface area contributed by atoms with E-state index in [-0.39, 0.29) is 17.9 Å². The Morgan fingerprint density at radius 2 is 1.74 bits per heavy atom. The van der Waals surface area contributed by atoms with Gasteiger partial charge in [-0.05, 0) is 31.4 Å². The maximum absolute atomic E-state index is 12.2. The van der Waals surface area contributed by atoms with Crippen LogP contribution >= 0.6 is 0 Å². The van der Waals surface area contributed by atoms with Crippen LogP contribution < -0.4 is 10.6 Å². The van der Waals surface area contributed by atoms with E-state index in [9.17, 15) is 9.59 Å². The van der Waals surface area contributed by atoms with E-state index >= 15 is 0 Å². The van der Waals surface area contributed by atoms with Crippen LogP contribution in [0.5, 0.6) is 0 Å². The van der Waals surface area contributed by atoms with Crippen LogP contribution in [0.3, 0.4) is 0 Å². The molecule has 0 radical (unpaired) electrons. The van der Waals surface area contributed by atoms with Gasteiger partial charge < -0.3 is 10.6 Å².